The van der Waals surface area contributed by atoms with E-state index < -0.39 is 11.8 Å². The van der Waals surface area contributed by atoms with Crippen molar-refractivity contribution in [2.45, 2.75) is 6.54 Å². The molecule has 2 N–H and O–H groups in total. The Kier molecular flexibility index (Phi) is 5.66. The van der Waals surface area contributed by atoms with Gasteiger partial charge in [0.05, 0.1) is 5.56 Å². The normalized spacial score (nSPS) is 15.2. The zero-order valence-corrected chi connectivity index (χ0v) is 18.4. The van der Waals surface area contributed by atoms with E-state index in [2.05, 4.69) is 51.1 Å². The minimum absolute atomic E-state index is 0.345. The Hall–Kier alpha value is -3.55. The molecule has 0 bridgehead atoms. The van der Waals surface area contributed by atoms with Gasteiger partial charge in [0.15, 0.2) is 0 Å². The molecular weight excluding hydrogens is 419 g/mol. The molecule has 4 aromatic rings. The van der Waals surface area contributed by atoms with E-state index in [0.717, 1.165) is 54.8 Å². The second-order valence-electron chi connectivity index (χ2n) is 8.60. The van der Waals surface area contributed by atoms with Crippen LogP contribution in [0.2, 0.25) is 0 Å². The van der Waals surface area contributed by atoms with Crippen molar-refractivity contribution in [3.05, 3.63) is 77.9 Å². The summed E-state index contributed by atoms with van der Waals surface area (Å²) in [5.74, 6) is -2.04. The van der Waals surface area contributed by atoms with Crippen LogP contribution >= 0.6 is 0 Å². The number of benzene rings is 2. The molecule has 6 nitrogen and oxygen atoms in total. The summed E-state index contributed by atoms with van der Waals surface area (Å²) in [5, 5.41) is 10.1. The fourth-order valence-electron chi connectivity index (χ4n) is 4.32. The molecule has 0 spiro atoms. The van der Waals surface area contributed by atoms with Crippen molar-refractivity contribution in [1.82, 2.24) is 19.8 Å². The molecule has 168 valence electrons. The molecule has 0 aliphatic carbocycles. The van der Waals surface area contributed by atoms with Gasteiger partial charge in [0.2, 0.25) is 0 Å². The summed E-state index contributed by atoms with van der Waals surface area (Å²) < 4.78 is 13.9. The lowest BCUT2D eigenvalue weighted by Gasteiger charge is -2.32. The highest BCUT2D eigenvalue weighted by Gasteiger charge is 2.16. The maximum absolute atomic E-state index is 13.9. The molecule has 0 saturated carbocycles. The molecule has 33 heavy (non-hydrogen) atoms. The number of aromatic amines is 1. The van der Waals surface area contributed by atoms with Gasteiger partial charge in [-0.1, -0.05) is 30.3 Å². The van der Waals surface area contributed by atoms with Gasteiger partial charge in [-0.05, 0) is 41.9 Å². The third-order valence-electron chi connectivity index (χ3n) is 6.33. The van der Waals surface area contributed by atoms with Crippen LogP contribution in [0.5, 0.6) is 0 Å². The molecule has 1 aliphatic heterocycles. The summed E-state index contributed by atoms with van der Waals surface area (Å²) in [6.45, 7) is 5.32. The molecule has 0 unspecified atom stereocenters. The second-order valence-corrected chi connectivity index (χ2v) is 8.60. The minimum Gasteiger partial charge on any atom is -0.478 e. The van der Waals surface area contributed by atoms with Crippen molar-refractivity contribution in [3.8, 4) is 22.3 Å². The molecular formula is C26H25FN4O2. The van der Waals surface area contributed by atoms with E-state index in [-0.39, 0.29) is 5.56 Å². The lowest BCUT2D eigenvalue weighted by atomic mass is 10.00. The first kappa shape index (κ1) is 21.3. The average Bonchev–Trinajstić information content (AvgIpc) is 3.24. The van der Waals surface area contributed by atoms with Crippen molar-refractivity contribution in [2.75, 3.05) is 33.2 Å². The Morgan fingerprint density at radius 1 is 1.03 bits per heavy atom. The van der Waals surface area contributed by atoms with Gasteiger partial charge >= 0.3 is 5.97 Å². The van der Waals surface area contributed by atoms with Crippen LogP contribution in [0.15, 0.2) is 60.9 Å². The summed E-state index contributed by atoms with van der Waals surface area (Å²) in [6.07, 6.45) is 3.60. The molecule has 0 radical (unpaired) electrons. The molecule has 2 aromatic carbocycles. The molecule has 1 fully saturated rings. The predicted molar refractivity (Wildman–Crippen MR) is 127 cm³/mol. The van der Waals surface area contributed by atoms with Gasteiger partial charge in [0, 0.05) is 61.6 Å². The first-order valence-corrected chi connectivity index (χ1v) is 11.0. The molecule has 1 aliphatic rings. The van der Waals surface area contributed by atoms with E-state index >= 15 is 0 Å². The van der Waals surface area contributed by atoms with Gasteiger partial charge < -0.3 is 15.0 Å². The molecule has 0 atom stereocenters. The predicted octanol–water partition coefficient (Wildman–Crippen LogP) is 4.48. The molecule has 1 saturated heterocycles. The van der Waals surface area contributed by atoms with Crippen LogP contribution < -0.4 is 0 Å². The van der Waals surface area contributed by atoms with Crippen molar-refractivity contribution in [1.29, 1.82) is 0 Å². The van der Waals surface area contributed by atoms with E-state index in [1.54, 1.807) is 12.3 Å². The van der Waals surface area contributed by atoms with Crippen LogP contribution in [0.25, 0.3) is 33.3 Å². The number of hydrogen-bond donors (Lipinski definition) is 2. The number of H-pyrrole nitrogens is 1. The van der Waals surface area contributed by atoms with Gasteiger partial charge in [0.1, 0.15) is 11.5 Å². The molecule has 2 aromatic heterocycles. The van der Waals surface area contributed by atoms with Crippen molar-refractivity contribution in [2.24, 2.45) is 0 Å². The Balaban J connectivity index is 1.42. The number of hydrogen-bond acceptors (Lipinski definition) is 4. The Morgan fingerprint density at radius 2 is 1.76 bits per heavy atom. The number of nitrogens with zero attached hydrogens (tertiary/aromatic N) is 3. The number of rotatable bonds is 5. The number of carboxylic acids is 1. The molecule has 7 heteroatoms. The summed E-state index contributed by atoms with van der Waals surface area (Å²) in [5.41, 5.74) is 5.07. The third-order valence-corrected chi connectivity index (χ3v) is 6.33. The number of aromatic carboxylic acids is 1. The van der Waals surface area contributed by atoms with Gasteiger partial charge in [0.25, 0.3) is 0 Å². The Bertz CT molecular complexity index is 1310. The van der Waals surface area contributed by atoms with E-state index in [9.17, 15) is 14.3 Å². The van der Waals surface area contributed by atoms with Gasteiger partial charge in [-0.25, -0.2) is 14.2 Å². The van der Waals surface area contributed by atoms with Crippen LogP contribution in [-0.2, 0) is 6.54 Å². The first-order valence-electron chi connectivity index (χ1n) is 11.0. The van der Waals surface area contributed by atoms with Crippen molar-refractivity contribution < 1.29 is 14.3 Å². The number of halogens is 1. The average molecular weight is 445 g/mol. The van der Waals surface area contributed by atoms with Crippen molar-refractivity contribution >= 4 is 17.0 Å². The van der Waals surface area contributed by atoms with Gasteiger partial charge in [-0.2, -0.15) is 0 Å². The van der Waals surface area contributed by atoms with Crippen LogP contribution in [0.4, 0.5) is 4.39 Å². The summed E-state index contributed by atoms with van der Waals surface area (Å²) in [4.78, 5) is 23.8. The molecule has 0 amide bonds. The number of carboxylic acid groups (broad SMARTS) is 1. The van der Waals surface area contributed by atoms with Crippen LogP contribution in [-0.4, -0.2) is 64.1 Å². The number of fused-ring (bicyclic) bond motifs is 1. The maximum atomic E-state index is 13.9. The van der Waals surface area contributed by atoms with E-state index in [0.29, 0.717) is 11.2 Å². The van der Waals surface area contributed by atoms with E-state index in [1.807, 2.05) is 12.3 Å². The van der Waals surface area contributed by atoms with E-state index in [1.165, 1.54) is 17.7 Å². The summed E-state index contributed by atoms with van der Waals surface area (Å²) in [7, 11) is 2.16. The van der Waals surface area contributed by atoms with E-state index in [4.69, 9.17) is 0 Å². The largest absolute Gasteiger partial charge is 0.478 e. The summed E-state index contributed by atoms with van der Waals surface area (Å²) in [6, 6.07) is 14.7. The monoisotopic (exact) mass is 444 g/mol. The van der Waals surface area contributed by atoms with Crippen LogP contribution in [0.1, 0.15) is 15.9 Å². The highest BCUT2D eigenvalue weighted by Crippen LogP contribution is 2.32. The number of aromatic nitrogens is 2. The van der Waals surface area contributed by atoms with Crippen LogP contribution in [0.3, 0.4) is 0 Å². The first-order chi connectivity index (χ1) is 16.0. The lowest BCUT2D eigenvalue weighted by molar-refractivity contribution is 0.0692. The zero-order valence-electron chi connectivity index (χ0n) is 18.4. The standard InChI is InChI=1S/C26H25FN4O2/c1-30-8-10-31(11-9-30)16-17-2-4-18(5-3-17)20-13-21-23(15-29-25(21)28-14-20)19-6-7-24(27)22(12-19)26(32)33/h2-7,12-15H,8-11,16H2,1H3,(H,28,29)(H,32,33). The van der Waals surface area contributed by atoms with Crippen molar-refractivity contribution in [3.63, 3.8) is 0 Å². The third kappa shape index (κ3) is 4.37. The van der Waals surface area contributed by atoms with Gasteiger partial charge in [-0.15, -0.1) is 0 Å². The topological polar surface area (TPSA) is 72.5 Å². The SMILES string of the molecule is CN1CCN(Cc2ccc(-c3cnc4[nH]cc(-c5ccc(F)c(C(=O)O)c5)c4c3)cc2)CC1. The Morgan fingerprint density at radius 3 is 2.48 bits per heavy atom. The second kappa shape index (κ2) is 8.77. The molecule has 3 heterocycles. The fourth-order valence-corrected chi connectivity index (χ4v) is 4.32. The summed E-state index contributed by atoms with van der Waals surface area (Å²) >= 11 is 0. The highest BCUT2D eigenvalue weighted by atomic mass is 19.1. The van der Waals surface area contributed by atoms with Crippen LogP contribution in [0, 0.1) is 5.82 Å². The lowest BCUT2D eigenvalue weighted by Crippen LogP contribution is -2.43. The highest BCUT2D eigenvalue weighted by molar-refractivity contribution is 5.97. The number of nitrogens with one attached hydrogen (secondary N) is 1. The Labute approximate surface area is 191 Å². The zero-order chi connectivity index (χ0) is 22.9. The smallest absolute Gasteiger partial charge is 0.338 e. The number of piperazine rings is 1. The quantitative estimate of drug-likeness (QED) is 0.475. The van der Waals surface area contributed by atoms with Gasteiger partial charge in [-0.3, -0.25) is 4.90 Å². The minimum atomic E-state index is -1.29. The number of pyridine rings is 1. The number of likely N-dealkylation sites (N-methyl/N-ethyl adjacent to an activating group) is 1. The maximum Gasteiger partial charge on any atom is 0.338 e. The fraction of sp³-hybridized carbons (Fsp3) is 0.231. The molecule has 5 rings (SSSR count). The number of carbonyl (C=O) groups is 1.